The molecule has 0 saturated heterocycles. The van der Waals surface area contributed by atoms with E-state index in [4.69, 9.17) is 0 Å². The van der Waals surface area contributed by atoms with Crippen molar-refractivity contribution in [3.63, 3.8) is 0 Å². The monoisotopic (exact) mass is 428 g/mol. The lowest BCUT2D eigenvalue weighted by Gasteiger charge is -2.10. The molecule has 0 radical (unpaired) electrons. The second-order valence-corrected chi connectivity index (χ2v) is 7.34. The normalized spacial score (nSPS) is 13.4. The maximum absolute atomic E-state index is 13.0. The number of amides is 2. The first-order chi connectivity index (χ1) is 14.9. The number of carbonyl (C=O) groups excluding carboxylic acids is 2. The summed E-state index contributed by atoms with van der Waals surface area (Å²) in [5.74, 6) is -0.519. The van der Waals surface area contributed by atoms with Crippen LogP contribution in [0.15, 0.2) is 42.6 Å². The topological polar surface area (TPSA) is 93.8 Å². The first-order valence-electron chi connectivity index (χ1n) is 10.0. The summed E-state index contributed by atoms with van der Waals surface area (Å²) in [6.07, 6.45) is 0.703. The van der Waals surface area contributed by atoms with Gasteiger partial charge in [-0.05, 0) is 50.1 Å². The number of rotatable bonds is 8. The van der Waals surface area contributed by atoms with E-state index >= 15 is 0 Å². The molecule has 2 aromatic heterocycles. The van der Waals surface area contributed by atoms with Crippen LogP contribution >= 0.6 is 0 Å². The molecule has 0 unspecified atom stereocenters. The molecule has 8 nitrogen and oxygen atoms in total. The van der Waals surface area contributed by atoms with Gasteiger partial charge in [-0.15, -0.1) is 0 Å². The summed E-state index contributed by atoms with van der Waals surface area (Å²) in [4.78, 5) is 25.0. The Labute approximate surface area is 177 Å². The minimum absolute atomic E-state index is 0.162. The van der Waals surface area contributed by atoms with Crippen LogP contribution in [-0.2, 0) is 17.9 Å². The Hall–Kier alpha value is -3.56. The van der Waals surface area contributed by atoms with E-state index in [9.17, 15) is 18.4 Å². The Morgan fingerprint density at radius 3 is 2.55 bits per heavy atom. The quantitative estimate of drug-likeness (QED) is 0.571. The molecule has 0 spiro atoms. The molecule has 2 N–H and O–H groups in total. The number of aryl methyl sites for hydroxylation is 1. The van der Waals surface area contributed by atoms with Crippen LogP contribution in [0.2, 0.25) is 0 Å². The molecule has 162 valence electrons. The summed E-state index contributed by atoms with van der Waals surface area (Å²) in [5, 5.41) is 13.5. The van der Waals surface area contributed by atoms with Gasteiger partial charge in [0.15, 0.2) is 0 Å². The highest BCUT2D eigenvalue weighted by Crippen LogP contribution is 2.41. The van der Waals surface area contributed by atoms with Crippen LogP contribution in [0.4, 0.5) is 20.2 Å². The smallest absolute Gasteiger partial charge is 0.282 e. The highest BCUT2D eigenvalue weighted by Gasteiger charge is 2.30. The van der Waals surface area contributed by atoms with E-state index in [0.717, 1.165) is 12.8 Å². The fraction of sp³-hybridized carbons (Fsp3) is 0.333. The van der Waals surface area contributed by atoms with E-state index in [-0.39, 0.29) is 24.1 Å². The van der Waals surface area contributed by atoms with Crippen molar-refractivity contribution in [2.24, 2.45) is 0 Å². The van der Waals surface area contributed by atoms with Crippen LogP contribution in [0.1, 0.15) is 54.0 Å². The van der Waals surface area contributed by atoms with Crippen LogP contribution in [0.25, 0.3) is 0 Å². The Morgan fingerprint density at radius 2 is 1.87 bits per heavy atom. The zero-order chi connectivity index (χ0) is 22.0. The molecular formula is C21H22F2N6O2. The van der Waals surface area contributed by atoms with Crippen molar-refractivity contribution in [1.29, 1.82) is 0 Å². The molecule has 1 aliphatic carbocycles. The number of anilines is 2. The molecule has 0 aliphatic heterocycles. The number of nitrogens with one attached hydrogen (secondary N) is 2. The second kappa shape index (κ2) is 8.66. The number of alkyl halides is 2. The number of hydrogen-bond acceptors (Lipinski definition) is 4. The van der Waals surface area contributed by atoms with Gasteiger partial charge in [-0.25, -0.2) is 8.78 Å². The Balaban J connectivity index is 1.42. The number of aromatic nitrogens is 4. The van der Waals surface area contributed by atoms with Crippen LogP contribution < -0.4 is 10.6 Å². The van der Waals surface area contributed by atoms with E-state index in [2.05, 4.69) is 20.8 Å². The SMILES string of the molecule is CCn1nccc1C(=O)Nc1cccc(NC(=O)Cn2nc(C(F)F)cc2C2CC2)c1. The van der Waals surface area contributed by atoms with E-state index < -0.39 is 12.3 Å². The van der Waals surface area contributed by atoms with E-state index in [0.29, 0.717) is 29.3 Å². The summed E-state index contributed by atoms with van der Waals surface area (Å²) in [6.45, 7) is 2.29. The summed E-state index contributed by atoms with van der Waals surface area (Å²) in [7, 11) is 0. The predicted molar refractivity (Wildman–Crippen MR) is 110 cm³/mol. The maximum atomic E-state index is 13.0. The number of carbonyl (C=O) groups is 2. The molecule has 4 rings (SSSR count). The largest absolute Gasteiger partial charge is 0.324 e. The number of hydrogen-bond donors (Lipinski definition) is 2. The molecule has 10 heteroatoms. The average molecular weight is 428 g/mol. The third-order valence-electron chi connectivity index (χ3n) is 5.00. The number of halogens is 2. The molecule has 1 aliphatic rings. The molecule has 1 aromatic carbocycles. The lowest BCUT2D eigenvalue weighted by atomic mass is 10.2. The fourth-order valence-electron chi connectivity index (χ4n) is 3.38. The molecule has 1 fully saturated rings. The van der Waals surface area contributed by atoms with Gasteiger partial charge < -0.3 is 10.6 Å². The molecule has 2 amide bonds. The zero-order valence-corrected chi connectivity index (χ0v) is 16.9. The van der Waals surface area contributed by atoms with Gasteiger partial charge in [-0.3, -0.25) is 19.0 Å². The fourth-order valence-corrected chi connectivity index (χ4v) is 3.38. The van der Waals surface area contributed by atoms with Crippen molar-refractivity contribution in [2.45, 2.75) is 45.2 Å². The van der Waals surface area contributed by atoms with E-state index in [1.807, 2.05) is 6.92 Å². The minimum atomic E-state index is -2.67. The number of benzene rings is 1. The molecule has 0 atom stereocenters. The molecule has 3 aromatic rings. The van der Waals surface area contributed by atoms with Gasteiger partial charge in [0.2, 0.25) is 5.91 Å². The summed E-state index contributed by atoms with van der Waals surface area (Å²) in [5.41, 5.74) is 1.76. The van der Waals surface area contributed by atoms with Crippen LogP contribution in [0, 0.1) is 0 Å². The Morgan fingerprint density at radius 1 is 1.13 bits per heavy atom. The van der Waals surface area contributed by atoms with Crippen LogP contribution in [0.5, 0.6) is 0 Å². The first-order valence-corrected chi connectivity index (χ1v) is 10.0. The molecule has 2 heterocycles. The zero-order valence-electron chi connectivity index (χ0n) is 16.9. The standard InChI is InChI=1S/C21H22F2N6O2/c1-2-28-17(8-9-24-28)21(31)26-15-5-3-4-14(10-15)25-19(30)12-29-18(13-6-7-13)11-16(27-29)20(22)23/h3-5,8-11,13,20H,2,6-7,12H2,1H3,(H,25,30)(H,26,31). The van der Waals surface area contributed by atoms with Crippen molar-refractivity contribution in [3.05, 3.63) is 59.7 Å². The Bertz CT molecular complexity index is 1100. The minimum Gasteiger partial charge on any atom is -0.324 e. The summed E-state index contributed by atoms with van der Waals surface area (Å²) >= 11 is 0. The van der Waals surface area contributed by atoms with E-state index in [1.165, 1.54) is 10.7 Å². The maximum Gasteiger partial charge on any atom is 0.282 e. The van der Waals surface area contributed by atoms with Crippen molar-refractivity contribution in [1.82, 2.24) is 19.6 Å². The van der Waals surface area contributed by atoms with Crippen LogP contribution in [-0.4, -0.2) is 31.4 Å². The van der Waals surface area contributed by atoms with Gasteiger partial charge >= 0.3 is 0 Å². The van der Waals surface area contributed by atoms with Crippen LogP contribution in [0.3, 0.4) is 0 Å². The van der Waals surface area contributed by atoms with E-state index in [1.54, 1.807) is 41.2 Å². The predicted octanol–water partition coefficient (Wildman–Crippen LogP) is 3.81. The van der Waals surface area contributed by atoms with Crippen molar-refractivity contribution in [2.75, 3.05) is 10.6 Å². The summed E-state index contributed by atoms with van der Waals surface area (Å²) in [6, 6.07) is 9.71. The Kier molecular flexibility index (Phi) is 5.79. The van der Waals surface area contributed by atoms with Crippen molar-refractivity contribution >= 4 is 23.2 Å². The van der Waals surface area contributed by atoms with Gasteiger partial charge in [0.05, 0.1) is 0 Å². The average Bonchev–Trinajstić information content (AvgIpc) is 3.30. The van der Waals surface area contributed by atoms with Crippen molar-refractivity contribution in [3.8, 4) is 0 Å². The van der Waals surface area contributed by atoms with Crippen molar-refractivity contribution < 1.29 is 18.4 Å². The van der Waals surface area contributed by atoms with Gasteiger partial charge in [-0.2, -0.15) is 10.2 Å². The highest BCUT2D eigenvalue weighted by molar-refractivity contribution is 6.03. The molecular weight excluding hydrogens is 406 g/mol. The molecule has 1 saturated carbocycles. The van der Waals surface area contributed by atoms with Gasteiger partial charge in [0.1, 0.15) is 17.9 Å². The second-order valence-electron chi connectivity index (χ2n) is 7.34. The third kappa shape index (κ3) is 4.79. The lowest BCUT2D eigenvalue weighted by Crippen LogP contribution is -2.21. The molecule has 0 bridgehead atoms. The first kappa shape index (κ1) is 20.7. The highest BCUT2D eigenvalue weighted by atomic mass is 19.3. The lowest BCUT2D eigenvalue weighted by molar-refractivity contribution is -0.117. The van der Waals surface area contributed by atoms with Gasteiger partial charge in [-0.1, -0.05) is 6.07 Å². The van der Waals surface area contributed by atoms with Gasteiger partial charge in [0, 0.05) is 35.7 Å². The number of nitrogens with zero attached hydrogens (tertiary/aromatic N) is 4. The summed E-state index contributed by atoms with van der Waals surface area (Å²) < 4.78 is 29.0. The third-order valence-corrected chi connectivity index (χ3v) is 5.00. The molecule has 31 heavy (non-hydrogen) atoms. The van der Waals surface area contributed by atoms with Gasteiger partial charge in [0.25, 0.3) is 12.3 Å².